The van der Waals surface area contributed by atoms with Crippen LogP contribution in [-0.4, -0.2) is 58.4 Å². The third-order valence-electron chi connectivity index (χ3n) is 5.57. The molecule has 0 radical (unpaired) electrons. The van der Waals surface area contributed by atoms with Crippen molar-refractivity contribution in [2.45, 2.75) is 75.9 Å². The van der Waals surface area contributed by atoms with Crippen LogP contribution in [0.3, 0.4) is 0 Å². The molecule has 0 bridgehead atoms. The van der Waals surface area contributed by atoms with E-state index < -0.39 is 5.97 Å². The summed E-state index contributed by atoms with van der Waals surface area (Å²) in [5.41, 5.74) is 1.57. The number of hydrogen-bond acceptors (Lipinski definition) is 7. The second kappa shape index (κ2) is 12.9. The maximum Gasteiger partial charge on any atom is 0.303 e. The van der Waals surface area contributed by atoms with E-state index in [4.69, 9.17) is 19.3 Å². The van der Waals surface area contributed by atoms with E-state index >= 15 is 0 Å². The van der Waals surface area contributed by atoms with Gasteiger partial charge in [0.25, 0.3) is 0 Å². The number of carboxylic acids is 1. The van der Waals surface area contributed by atoms with Crippen molar-refractivity contribution >= 4 is 35.3 Å². The third-order valence-corrected chi connectivity index (χ3v) is 8.68. The molecule has 1 saturated heterocycles. The Labute approximate surface area is 206 Å². The smallest absolute Gasteiger partial charge is 0.303 e. The molecule has 0 amide bonds. The lowest BCUT2D eigenvalue weighted by molar-refractivity contribution is -0.137. The van der Waals surface area contributed by atoms with Gasteiger partial charge in [-0.1, -0.05) is 13.3 Å². The number of thioether (sulfide) groups is 2. The van der Waals surface area contributed by atoms with Crippen LogP contribution < -0.4 is 9.47 Å². The molecule has 0 aliphatic carbocycles. The number of carboxylic acid groups (broad SMARTS) is 1. The minimum Gasteiger partial charge on any atom is -0.496 e. The van der Waals surface area contributed by atoms with Crippen molar-refractivity contribution in [3.8, 4) is 11.5 Å². The zero-order chi connectivity index (χ0) is 24.5. The number of ether oxygens (including phenoxy) is 3. The van der Waals surface area contributed by atoms with Gasteiger partial charge in [-0.2, -0.15) is 11.8 Å². The monoisotopic (exact) mass is 498 g/mol. The molecule has 0 saturated carbocycles. The standard InChI is InChI=1S/C25H38O6S2/c1-6-9-20-21(12-11-19(18(2)26)23(20)29-5)30-14-8-15-32-17-24(3)16-31-25(4,33-24)13-7-10-22(27)28/h11-12H,6-10,13-17H2,1-5H3,(H,27,28). The summed E-state index contributed by atoms with van der Waals surface area (Å²) in [4.78, 5) is 22.4. The second-order valence-electron chi connectivity index (χ2n) is 8.91. The molecule has 2 rings (SSSR count). The predicted molar refractivity (Wildman–Crippen MR) is 136 cm³/mol. The lowest BCUT2D eigenvalue weighted by Crippen LogP contribution is -2.25. The van der Waals surface area contributed by atoms with Gasteiger partial charge in [-0.05, 0) is 64.3 Å². The minimum absolute atomic E-state index is 0.00704. The summed E-state index contributed by atoms with van der Waals surface area (Å²) in [6, 6.07) is 3.67. The molecule has 1 aliphatic heterocycles. The van der Waals surface area contributed by atoms with Gasteiger partial charge in [-0.3, -0.25) is 9.59 Å². The Morgan fingerprint density at radius 3 is 2.67 bits per heavy atom. The summed E-state index contributed by atoms with van der Waals surface area (Å²) in [7, 11) is 1.60. The highest BCUT2D eigenvalue weighted by molar-refractivity contribution is 8.04. The zero-order valence-corrected chi connectivity index (χ0v) is 22.2. The summed E-state index contributed by atoms with van der Waals surface area (Å²) >= 11 is 3.73. The quantitative estimate of drug-likeness (QED) is 0.238. The number of methoxy groups -OCH3 is 1. The lowest BCUT2D eigenvalue weighted by atomic mass is 10.0. The van der Waals surface area contributed by atoms with Crippen LogP contribution in [-0.2, 0) is 16.0 Å². The molecule has 1 N–H and O–H groups in total. The highest BCUT2D eigenvalue weighted by Gasteiger charge is 2.44. The van der Waals surface area contributed by atoms with Gasteiger partial charge < -0.3 is 19.3 Å². The minimum atomic E-state index is -0.753. The average molecular weight is 499 g/mol. The lowest BCUT2D eigenvalue weighted by Gasteiger charge is -2.25. The van der Waals surface area contributed by atoms with Crippen LogP contribution in [0, 0.1) is 0 Å². The van der Waals surface area contributed by atoms with Gasteiger partial charge in [0.15, 0.2) is 5.78 Å². The van der Waals surface area contributed by atoms with Gasteiger partial charge in [0.2, 0.25) is 0 Å². The molecule has 33 heavy (non-hydrogen) atoms. The van der Waals surface area contributed by atoms with E-state index in [0.717, 1.165) is 48.5 Å². The highest BCUT2D eigenvalue weighted by Crippen LogP contribution is 2.49. The Bertz CT molecular complexity index is 814. The largest absolute Gasteiger partial charge is 0.496 e. The van der Waals surface area contributed by atoms with Crippen molar-refractivity contribution in [1.29, 1.82) is 0 Å². The Hall–Kier alpha value is -1.38. The molecule has 2 atom stereocenters. The number of rotatable bonds is 15. The van der Waals surface area contributed by atoms with Crippen LogP contribution in [0.2, 0.25) is 0 Å². The molecule has 1 heterocycles. The van der Waals surface area contributed by atoms with E-state index in [2.05, 4.69) is 20.8 Å². The molecule has 6 nitrogen and oxygen atoms in total. The summed E-state index contributed by atoms with van der Waals surface area (Å²) in [5.74, 6) is 2.64. The molecular weight excluding hydrogens is 460 g/mol. The van der Waals surface area contributed by atoms with Gasteiger partial charge in [0.05, 0.1) is 25.9 Å². The first-order valence-electron chi connectivity index (χ1n) is 11.6. The van der Waals surface area contributed by atoms with E-state index in [1.165, 1.54) is 0 Å². The summed E-state index contributed by atoms with van der Waals surface area (Å²) in [6.07, 6.45) is 4.24. The average Bonchev–Trinajstić information content (AvgIpc) is 3.05. The van der Waals surface area contributed by atoms with Crippen molar-refractivity contribution in [2.24, 2.45) is 0 Å². The number of ketones is 1. The van der Waals surface area contributed by atoms with E-state index in [9.17, 15) is 9.59 Å². The second-order valence-corrected chi connectivity index (χ2v) is 12.1. The van der Waals surface area contributed by atoms with Crippen LogP contribution in [0.15, 0.2) is 12.1 Å². The van der Waals surface area contributed by atoms with Crippen LogP contribution in [0.25, 0.3) is 0 Å². The van der Waals surface area contributed by atoms with Crippen molar-refractivity contribution in [1.82, 2.24) is 0 Å². The fraction of sp³-hybridized carbons (Fsp3) is 0.680. The van der Waals surface area contributed by atoms with Gasteiger partial charge in [-0.15, -0.1) is 11.8 Å². The summed E-state index contributed by atoms with van der Waals surface area (Å²) in [5, 5.41) is 8.85. The van der Waals surface area contributed by atoms with Gasteiger partial charge in [0, 0.05) is 22.5 Å². The first-order valence-corrected chi connectivity index (χ1v) is 13.6. The fourth-order valence-electron chi connectivity index (χ4n) is 4.01. The van der Waals surface area contributed by atoms with Crippen molar-refractivity contribution < 1.29 is 28.9 Å². The topological polar surface area (TPSA) is 82.1 Å². The Balaban J connectivity index is 1.79. The molecule has 1 fully saturated rings. The predicted octanol–water partition coefficient (Wildman–Crippen LogP) is 5.85. The van der Waals surface area contributed by atoms with Crippen LogP contribution >= 0.6 is 23.5 Å². The van der Waals surface area contributed by atoms with E-state index in [0.29, 0.717) is 30.9 Å². The third kappa shape index (κ3) is 8.41. The first kappa shape index (κ1) is 27.9. The summed E-state index contributed by atoms with van der Waals surface area (Å²) in [6.45, 7) is 9.25. The molecule has 1 aromatic rings. The highest BCUT2D eigenvalue weighted by atomic mass is 32.2. The Morgan fingerprint density at radius 1 is 1.27 bits per heavy atom. The molecule has 0 spiro atoms. The number of Topliss-reactive ketones (excluding diaryl/α,β-unsaturated/α-hetero) is 1. The number of carbonyl (C=O) groups excluding carboxylic acids is 1. The molecule has 1 aromatic carbocycles. The maximum absolute atomic E-state index is 11.9. The van der Waals surface area contributed by atoms with E-state index in [-0.39, 0.29) is 21.9 Å². The molecule has 186 valence electrons. The van der Waals surface area contributed by atoms with Crippen LogP contribution in [0.4, 0.5) is 0 Å². The van der Waals surface area contributed by atoms with Crippen LogP contribution in [0.5, 0.6) is 11.5 Å². The molecule has 1 aliphatic rings. The summed E-state index contributed by atoms with van der Waals surface area (Å²) < 4.78 is 17.7. The van der Waals surface area contributed by atoms with Gasteiger partial charge in [0.1, 0.15) is 16.4 Å². The number of carbonyl (C=O) groups is 2. The number of aliphatic carboxylic acids is 1. The molecule has 2 unspecified atom stereocenters. The van der Waals surface area contributed by atoms with E-state index in [1.54, 1.807) is 20.1 Å². The number of hydrogen-bond donors (Lipinski definition) is 1. The molecule has 0 aromatic heterocycles. The fourth-order valence-corrected chi connectivity index (χ4v) is 7.01. The first-order chi connectivity index (χ1) is 15.6. The van der Waals surface area contributed by atoms with Crippen molar-refractivity contribution in [2.75, 3.05) is 31.8 Å². The zero-order valence-electron chi connectivity index (χ0n) is 20.5. The molecule has 8 heteroatoms. The van der Waals surface area contributed by atoms with Crippen molar-refractivity contribution in [3.05, 3.63) is 23.3 Å². The normalized spacial score (nSPS) is 22.3. The van der Waals surface area contributed by atoms with Crippen molar-refractivity contribution in [3.63, 3.8) is 0 Å². The number of benzene rings is 1. The SMILES string of the molecule is CCCc1c(OCCCSCC2(C)COC(C)(CCCC(=O)O)S2)ccc(C(C)=O)c1OC. The Morgan fingerprint density at radius 2 is 2.03 bits per heavy atom. The van der Waals surface area contributed by atoms with Crippen LogP contribution in [0.1, 0.15) is 75.7 Å². The maximum atomic E-state index is 11.9. The van der Waals surface area contributed by atoms with E-state index in [1.807, 2.05) is 29.6 Å². The van der Waals surface area contributed by atoms with Gasteiger partial charge >= 0.3 is 5.97 Å². The van der Waals surface area contributed by atoms with Gasteiger partial charge in [-0.25, -0.2) is 0 Å². The Kier molecular flexibility index (Phi) is 10.9. The molecular formula is C25H38O6S2.